The van der Waals surface area contributed by atoms with Crippen LogP contribution in [0.2, 0.25) is 0 Å². The van der Waals surface area contributed by atoms with Crippen LogP contribution < -0.4 is 11.3 Å². The van der Waals surface area contributed by atoms with Crippen molar-refractivity contribution < 1.29 is 0 Å². The number of hydrazine groups is 1. The summed E-state index contributed by atoms with van der Waals surface area (Å²) in [6.07, 6.45) is 7.54. The van der Waals surface area contributed by atoms with E-state index in [0.717, 1.165) is 12.5 Å². The molecule has 86 valence electrons. The number of hydrogen-bond donors (Lipinski definition) is 2. The van der Waals surface area contributed by atoms with Gasteiger partial charge in [0.05, 0.1) is 6.04 Å². The molecule has 1 heterocycles. The normalized spacial score (nSPS) is 28.0. The molecule has 1 atom stereocenters. The maximum Gasteiger partial charge on any atom is 0.208 e. The van der Waals surface area contributed by atoms with E-state index < -0.39 is 0 Å². The summed E-state index contributed by atoms with van der Waals surface area (Å²) in [5.41, 5.74) is 2.78. The summed E-state index contributed by atoms with van der Waals surface area (Å²) >= 11 is 0. The van der Waals surface area contributed by atoms with Crippen molar-refractivity contribution in [1.29, 1.82) is 0 Å². The van der Waals surface area contributed by atoms with Crippen molar-refractivity contribution in [2.24, 2.45) is 10.8 Å². The van der Waals surface area contributed by atoms with Gasteiger partial charge in [0.15, 0.2) is 0 Å². The second kappa shape index (κ2) is 4.84. The number of nitrogens with zero attached hydrogens (tertiary/aromatic N) is 2. The highest BCUT2D eigenvalue weighted by Gasteiger charge is 2.27. The third kappa shape index (κ3) is 2.62. The molecule has 4 nitrogen and oxygen atoms in total. The van der Waals surface area contributed by atoms with Crippen LogP contribution in [0, 0.1) is 0 Å². The Morgan fingerprint density at radius 2 is 2.20 bits per heavy atom. The number of likely N-dealkylation sites (tertiary alicyclic amines) is 1. The van der Waals surface area contributed by atoms with Crippen molar-refractivity contribution in [1.82, 2.24) is 10.3 Å². The quantitative estimate of drug-likeness (QED) is 0.312. The predicted octanol–water partition coefficient (Wildman–Crippen LogP) is 1.23. The van der Waals surface area contributed by atoms with E-state index in [4.69, 9.17) is 5.84 Å². The average Bonchev–Trinajstić information content (AvgIpc) is 3.10. The molecule has 4 heteroatoms. The van der Waals surface area contributed by atoms with Gasteiger partial charge in [-0.1, -0.05) is 6.92 Å². The van der Waals surface area contributed by atoms with Crippen LogP contribution in [0.15, 0.2) is 4.99 Å². The summed E-state index contributed by atoms with van der Waals surface area (Å²) in [5.74, 6) is 6.49. The third-order valence-electron chi connectivity index (χ3n) is 3.35. The molecule has 1 saturated carbocycles. The molecule has 0 aromatic rings. The molecule has 1 saturated heterocycles. The molecule has 3 N–H and O–H groups in total. The summed E-state index contributed by atoms with van der Waals surface area (Å²) in [6, 6.07) is 1.17. The van der Waals surface area contributed by atoms with Crippen LogP contribution >= 0.6 is 0 Å². The second-order valence-electron chi connectivity index (χ2n) is 4.58. The molecule has 0 spiro atoms. The molecule has 2 aliphatic rings. The fourth-order valence-corrected chi connectivity index (χ4v) is 2.27. The lowest BCUT2D eigenvalue weighted by atomic mass is 10.0. The summed E-state index contributed by atoms with van der Waals surface area (Å²) in [4.78, 5) is 7.00. The Morgan fingerprint density at radius 1 is 1.40 bits per heavy atom. The molecule has 2 fully saturated rings. The van der Waals surface area contributed by atoms with Crippen LogP contribution in [0.5, 0.6) is 0 Å². The monoisotopic (exact) mass is 210 g/mol. The molecule has 2 rings (SSSR count). The summed E-state index contributed by atoms with van der Waals surface area (Å²) in [6.45, 7) is 3.35. The maximum atomic E-state index is 5.57. The zero-order valence-corrected chi connectivity index (χ0v) is 9.58. The minimum absolute atomic E-state index is 0.537. The Morgan fingerprint density at radius 3 is 2.80 bits per heavy atom. The van der Waals surface area contributed by atoms with Crippen LogP contribution in [-0.4, -0.2) is 29.5 Å². The van der Waals surface area contributed by atoms with Crippen LogP contribution in [0.1, 0.15) is 45.4 Å². The highest BCUT2D eigenvalue weighted by molar-refractivity contribution is 5.80. The van der Waals surface area contributed by atoms with E-state index in [2.05, 4.69) is 22.2 Å². The van der Waals surface area contributed by atoms with Crippen LogP contribution in [0.4, 0.5) is 0 Å². The molecular formula is C11H22N4. The van der Waals surface area contributed by atoms with Crippen molar-refractivity contribution in [2.45, 2.75) is 57.5 Å². The predicted molar refractivity (Wildman–Crippen MR) is 62.4 cm³/mol. The van der Waals surface area contributed by atoms with Gasteiger partial charge in [0, 0.05) is 12.6 Å². The first-order valence-electron chi connectivity index (χ1n) is 6.16. The van der Waals surface area contributed by atoms with Gasteiger partial charge in [0.25, 0.3) is 0 Å². The lowest BCUT2D eigenvalue weighted by Gasteiger charge is -2.37. The van der Waals surface area contributed by atoms with Gasteiger partial charge in [-0.05, 0) is 38.5 Å². The Labute approximate surface area is 91.9 Å². The topological polar surface area (TPSA) is 53.6 Å². The molecule has 0 aromatic heterocycles. The molecule has 0 bridgehead atoms. The lowest BCUT2D eigenvalue weighted by molar-refractivity contribution is 0.228. The first kappa shape index (κ1) is 10.7. The number of guanidine groups is 1. The van der Waals surface area contributed by atoms with Crippen molar-refractivity contribution >= 4 is 5.96 Å². The van der Waals surface area contributed by atoms with E-state index in [1.165, 1.54) is 38.5 Å². The highest BCUT2D eigenvalue weighted by atomic mass is 15.4. The first-order chi connectivity index (χ1) is 7.35. The smallest absolute Gasteiger partial charge is 0.208 e. The molecular weight excluding hydrogens is 188 g/mol. The van der Waals surface area contributed by atoms with Gasteiger partial charge in [-0.3, -0.25) is 5.43 Å². The van der Waals surface area contributed by atoms with Gasteiger partial charge in [0.2, 0.25) is 5.96 Å². The van der Waals surface area contributed by atoms with E-state index in [9.17, 15) is 0 Å². The third-order valence-corrected chi connectivity index (χ3v) is 3.35. The first-order valence-corrected chi connectivity index (χ1v) is 6.16. The Bertz CT molecular complexity index is 235. The zero-order chi connectivity index (χ0) is 10.7. The summed E-state index contributed by atoms with van der Waals surface area (Å²) in [7, 11) is 0. The largest absolute Gasteiger partial charge is 0.339 e. The number of piperidine rings is 1. The van der Waals surface area contributed by atoms with Crippen LogP contribution in [0.25, 0.3) is 0 Å². The summed E-state index contributed by atoms with van der Waals surface area (Å²) in [5, 5.41) is 0. The number of nitrogens with one attached hydrogen (secondary N) is 1. The molecule has 0 amide bonds. The van der Waals surface area contributed by atoms with Gasteiger partial charge in [0.1, 0.15) is 0 Å². The molecule has 1 aliphatic heterocycles. The number of nitrogens with two attached hydrogens (primary N) is 1. The molecule has 1 unspecified atom stereocenters. The fourth-order valence-electron chi connectivity index (χ4n) is 2.27. The fraction of sp³-hybridized carbons (Fsp3) is 0.909. The zero-order valence-electron chi connectivity index (χ0n) is 9.58. The van der Waals surface area contributed by atoms with Gasteiger partial charge < -0.3 is 4.90 Å². The standard InChI is InChI=1S/C11H22N4/c1-2-10-5-3-4-8-15(10)11(14-12)13-9-6-7-9/h9-10H,2-8,12H2,1H3,(H,13,14). The van der Waals surface area contributed by atoms with Gasteiger partial charge in [-0.25, -0.2) is 10.8 Å². The van der Waals surface area contributed by atoms with Crippen molar-refractivity contribution in [3.63, 3.8) is 0 Å². The molecule has 1 aliphatic carbocycles. The minimum atomic E-state index is 0.537. The lowest BCUT2D eigenvalue weighted by Crippen LogP contribution is -2.51. The Hall–Kier alpha value is -0.770. The van der Waals surface area contributed by atoms with Gasteiger partial charge in [-0.15, -0.1) is 0 Å². The van der Waals surface area contributed by atoms with E-state index in [0.29, 0.717) is 12.1 Å². The highest BCUT2D eigenvalue weighted by Crippen LogP contribution is 2.25. The minimum Gasteiger partial charge on any atom is -0.339 e. The maximum absolute atomic E-state index is 5.57. The van der Waals surface area contributed by atoms with E-state index >= 15 is 0 Å². The van der Waals surface area contributed by atoms with Crippen LogP contribution in [-0.2, 0) is 0 Å². The molecule has 0 aromatic carbocycles. The SMILES string of the molecule is CCC1CCCCN1C(=NC1CC1)NN. The van der Waals surface area contributed by atoms with Crippen LogP contribution in [0.3, 0.4) is 0 Å². The second-order valence-corrected chi connectivity index (χ2v) is 4.58. The number of aliphatic imine (C=N–C) groups is 1. The van der Waals surface area contributed by atoms with Gasteiger partial charge >= 0.3 is 0 Å². The number of rotatable bonds is 2. The Kier molecular flexibility index (Phi) is 3.46. The molecule has 15 heavy (non-hydrogen) atoms. The number of hydrogen-bond acceptors (Lipinski definition) is 2. The van der Waals surface area contributed by atoms with Crippen molar-refractivity contribution in [2.75, 3.05) is 6.54 Å². The molecule has 0 radical (unpaired) electrons. The average molecular weight is 210 g/mol. The Balaban J connectivity index is 2.03. The van der Waals surface area contributed by atoms with Crippen molar-refractivity contribution in [3.05, 3.63) is 0 Å². The van der Waals surface area contributed by atoms with E-state index in [1.807, 2.05) is 0 Å². The van der Waals surface area contributed by atoms with E-state index in [-0.39, 0.29) is 0 Å². The summed E-state index contributed by atoms with van der Waals surface area (Å²) < 4.78 is 0. The van der Waals surface area contributed by atoms with Gasteiger partial charge in [-0.2, -0.15) is 0 Å². The van der Waals surface area contributed by atoms with Crippen molar-refractivity contribution in [3.8, 4) is 0 Å². The van der Waals surface area contributed by atoms with E-state index in [1.54, 1.807) is 0 Å².